The van der Waals surface area contributed by atoms with Gasteiger partial charge in [0.15, 0.2) is 0 Å². The number of ether oxygens (including phenoxy) is 1. The Morgan fingerprint density at radius 2 is 1.87 bits per heavy atom. The summed E-state index contributed by atoms with van der Waals surface area (Å²) in [6, 6.07) is 0. The summed E-state index contributed by atoms with van der Waals surface area (Å²) in [7, 11) is 1.78. The Morgan fingerprint density at radius 3 is 2.40 bits per heavy atom. The lowest BCUT2D eigenvalue weighted by atomic mass is 10.1. The lowest BCUT2D eigenvalue weighted by Crippen LogP contribution is -2.30. The van der Waals surface area contributed by atoms with Crippen LogP contribution in [-0.2, 0) is 4.74 Å². The summed E-state index contributed by atoms with van der Waals surface area (Å²) in [4.78, 5) is 2.54. The molecule has 0 aromatic heterocycles. The highest BCUT2D eigenvalue weighted by Gasteiger charge is 2.06. The van der Waals surface area contributed by atoms with Crippen molar-refractivity contribution in [1.82, 2.24) is 4.90 Å². The molecule has 15 heavy (non-hydrogen) atoms. The van der Waals surface area contributed by atoms with E-state index in [0.29, 0.717) is 0 Å². The zero-order valence-electron chi connectivity index (χ0n) is 11.1. The smallest absolute Gasteiger partial charge is 0.0589 e. The Morgan fingerprint density at radius 1 is 1.13 bits per heavy atom. The molecule has 0 aliphatic heterocycles. The van der Waals surface area contributed by atoms with Crippen LogP contribution in [0.15, 0.2) is 0 Å². The Balaban J connectivity index is 3.67. The topological polar surface area (TPSA) is 12.5 Å². The van der Waals surface area contributed by atoms with Gasteiger partial charge in [0.2, 0.25) is 0 Å². The van der Waals surface area contributed by atoms with E-state index in [1.165, 1.54) is 38.8 Å². The molecule has 0 saturated heterocycles. The third-order valence-corrected chi connectivity index (χ3v) is 3.07. The second-order valence-corrected chi connectivity index (χ2v) is 4.49. The summed E-state index contributed by atoms with van der Waals surface area (Å²) in [5.74, 6) is 0.858. The van der Waals surface area contributed by atoms with E-state index >= 15 is 0 Å². The summed E-state index contributed by atoms with van der Waals surface area (Å²) >= 11 is 0. The molecule has 2 heteroatoms. The van der Waals surface area contributed by atoms with Gasteiger partial charge in [0.25, 0.3) is 0 Å². The van der Waals surface area contributed by atoms with E-state index in [4.69, 9.17) is 4.74 Å². The minimum Gasteiger partial charge on any atom is -0.383 e. The van der Waals surface area contributed by atoms with Crippen molar-refractivity contribution < 1.29 is 4.74 Å². The maximum Gasteiger partial charge on any atom is 0.0589 e. The second kappa shape index (κ2) is 10.4. The first kappa shape index (κ1) is 14.9. The molecule has 1 unspecified atom stereocenters. The fourth-order valence-electron chi connectivity index (χ4n) is 1.54. The molecular weight excluding hydrogens is 186 g/mol. The van der Waals surface area contributed by atoms with E-state index in [1.54, 1.807) is 7.11 Å². The van der Waals surface area contributed by atoms with E-state index in [2.05, 4.69) is 25.7 Å². The molecule has 92 valence electrons. The van der Waals surface area contributed by atoms with Crippen molar-refractivity contribution in [3.05, 3.63) is 0 Å². The summed E-state index contributed by atoms with van der Waals surface area (Å²) < 4.78 is 5.14. The van der Waals surface area contributed by atoms with Gasteiger partial charge in [-0.25, -0.2) is 0 Å². The average Bonchev–Trinajstić information content (AvgIpc) is 2.27. The van der Waals surface area contributed by atoms with Crippen LogP contribution in [0.4, 0.5) is 0 Å². The minimum atomic E-state index is 0.858. The maximum absolute atomic E-state index is 5.14. The minimum absolute atomic E-state index is 0.858. The standard InChI is InChI=1S/C13H29NO/c1-5-7-9-14(11-12-15-4)10-8-13(3)6-2/h13H,5-12H2,1-4H3. The molecule has 0 aromatic rings. The van der Waals surface area contributed by atoms with Crippen molar-refractivity contribution >= 4 is 0 Å². The number of hydrogen-bond acceptors (Lipinski definition) is 2. The first-order valence-electron chi connectivity index (χ1n) is 6.45. The Bertz CT molecular complexity index is 120. The van der Waals surface area contributed by atoms with Gasteiger partial charge in [-0.2, -0.15) is 0 Å². The van der Waals surface area contributed by atoms with Crippen LogP contribution in [0.2, 0.25) is 0 Å². The van der Waals surface area contributed by atoms with Crippen LogP contribution in [0.25, 0.3) is 0 Å². The quantitative estimate of drug-likeness (QED) is 0.555. The molecular formula is C13H29NO. The van der Waals surface area contributed by atoms with Crippen molar-refractivity contribution in [2.75, 3.05) is 33.4 Å². The van der Waals surface area contributed by atoms with Crippen LogP contribution in [0.1, 0.15) is 46.5 Å². The fraction of sp³-hybridized carbons (Fsp3) is 1.00. The van der Waals surface area contributed by atoms with Crippen LogP contribution in [0.5, 0.6) is 0 Å². The van der Waals surface area contributed by atoms with Gasteiger partial charge in [-0.1, -0.05) is 33.6 Å². The molecule has 0 aromatic carbocycles. The highest BCUT2D eigenvalue weighted by Crippen LogP contribution is 2.08. The molecule has 0 aliphatic carbocycles. The van der Waals surface area contributed by atoms with Gasteiger partial charge in [-0.05, 0) is 31.8 Å². The SMILES string of the molecule is CCCCN(CCOC)CCC(C)CC. The molecule has 2 nitrogen and oxygen atoms in total. The van der Waals surface area contributed by atoms with Crippen LogP contribution in [-0.4, -0.2) is 38.3 Å². The van der Waals surface area contributed by atoms with Gasteiger partial charge >= 0.3 is 0 Å². The molecule has 1 atom stereocenters. The van der Waals surface area contributed by atoms with Crippen molar-refractivity contribution in [1.29, 1.82) is 0 Å². The fourth-order valence-corrected chi connectivity index (χ4v) is 1.54. The third kappa shape index (κ3) is 8.88. The van der Waals surface area contributed by atoms with Gasteiger partial charge < -0.3 is 9.64 Å². The number of hydrogen-bond donors (Lipinski definition) is 0. The zero-order valence-corrected chi connectivity index (χ0v) is 11.1. The summed E-state index contributed by atoms with van der Waals surface area (Å²) in [6.07, 6.45) is 5.22. The van der Waals surface area contributed by atoms with E-state index in [-0.39, 0.29) is 0 Å². The number of rotatable bonds is 10. The third-order valence-electron chi connectivity index (χ3n) is 3.07. The summed E-state index contributed by atoms with van der Waals surface area (Å²) in [5.41, 5.74) is 0. The highest BCUT2D eigenvalue weighted by atomic mass is 16.5. The molecule has 0 radical (unpaired) electrons. The molecule has 0 N–H and O–H groups in total. The zero-order chi connectivity index (χ0) is 11.5. The number of nitrogens with zero attached hydrogens (tertiary/aromatic N) is 1. The van der Waals surface area contributed by atoms with Gasteiger partial charge in [-0.15, -0.1) is 0 Å². The molecule has 0 aliphatic rings. The first-order valence-corrected chi connectivity index (χ1v) is 6.45. The first-order chi connectivity index (χ1) is 7.24. The van der Waals surface area contributed by atoms with Crippen molar-refractivity contribution in [3.63, 3.8) is 0 Å². The summed E-state index contributed by atoms with van der Waals surface area (Å²) in [5, 5.41) is 0. The van der Waals surface area contributed by atoms with E-state index in [9.17, 15) is 0 Å². The van der Waals surface area contributed by atoms with E-state index in [0.717, 1.165) is 19.1 Å². The van der Waals surface area contributed by atoms with Crippen LogP contribution >= 0.6 is 0 Å². The second-order valence-electron chi connectivity index (χ2n) is 4.49. The normalized spacial score (nSPS) is 13.4. The van der Waals surface area contributed by atoms with Gasteiger partial charge in [0.1, 0.15) is 0 Å². The van der Waals surface area contributed by atoms with Crippen molar-refractivity contribution in [2.24, 2.45) is 5.92 Å². The molecule has 0 bridgehead atoms. The largest absolute Gasteiger partial charge is 0.383 e. The van der Waals surface area contributed by atoms with Crippen LogP contribution < -0.4 is 0 Å². The molecule has 0 rings (SSSR count). The molecule has 0 heterocycles. The van der Waals surface area contributed by atoms with Crippen LogP contribution in [0.3, 0.4) is 0 Å². The average molecular weight is 215 g/mol. The van der Waals surface area contributed by atoms with Gasteiger partial charge in [-0.3, -0.25) is 0 Å². The molecule has 0 saturated carbocycles. The maximum atomic E-state index is 5.14. The number of methoxy groups -OCH3 is 1. The number of unbranched alkanes of at least 4 members (excludes halogenated alkanes) is 1. The lowest BCUT2D eigenvalue weighted by Gasteiger charge is -2.23. The molecule has 0 fully saturated rings. The van der Waals surface area contributed by atoms with Gasteiger partial charge in [0.05, 0.1) is 6.61 Å². The summed E-state index contributed by atoms with van der Waals surface area (Å²) in [6.45, 7) is 11.3. The monoisotopic (exact) mass is 215 g/mol. The van der Waals surface area contributed by atoms with E-state index < -0.39 is 0 Å². The van der Waals surface area contributed by atoms with Gasteiger partial charge in [0, 0.05) is 13.7 Å². The Hall–Kier alpha value is -0.0800. The van der Waals surface area contributed by atoms with Crippen LogP contribution in [0, 0.1) is 5.92 Å². The van der Waals surface area contributed by atoms with Crippen molar-refractivity contribution in [2.45, 2.75) is 46.5 Å². The highest BCUT2D eigenvalue weighted by molar-refractivity contribution is 4.60. The Labute approximate surface area is 96.0 Å². The molecule has 0 amide bonds. The lowest BCUT2D eigenvalue weighted by molar-refractivity contribution is 0.142. The molecule has 0 spiro atoms. The predicted octanol–water partition coefficient (Wildman–Crippen LogP) is 3.17. The van der Waals surface area contributed by atoms with Crippen molar-refractivity contribution in [3.8, 4) is 0 Å². The Kier molecular flexibility index (Phi) is 10.4. The van der Waals surface area contributed by atoms with E-state index in [1.807, 2.05) is 0 Å². The predicted molar refractivity (Wildman–Crippen MR) is 67.3 cm³/mol.